The lowest BCUT2D eigenvalue weighted by Crippen LogP contribution is -2.43. The minimum absolute atomic E-state index is 0.00828. The summed E-state index contributed by atoms with van der Waals surface area (Å²) in [6.45, 7) is 7.93. The van der Waals surface area contributed by atoms with E-state index in [4.69, 9.17) is 24.1 Å². The molecule has 5 aromatic carbocycles. The zero-order valence-electron chi connectivity index (χ0n) is 45.6. The van der Waals surface area contributed by atoms with Crippen LogP contribution in [0.5, 0.6) is 23.0 Å². The standard InChI is InChI=1S/C39H39N3O6.C24H37NO2.C2H6/c1-45-34-16-6-7-17-35(34)46-21-20-42(22-26(43)24-47-36-18-8-14-32-38(36)28-10-2-4-12-30(28)40-32)23-27(44)25-48-37-19-9-15-33-39(37)29-11-3-5-13-31(29)41-33;1-2-3-4-5-6-7-8-9-10-11-12-13-14-15-16-17-18-19-20-21-24(27)25-22-23-26;1-2/h2-19,26-27,40-41,43-44H,20-25H2,1H3;3-4,6-7,9-10,12-13,15-16,18-19,26H,2,5,8,11,14,17,20-23H2,1H3,(H,25,27);1-2H3/b;4-3-,7-6-,10-9-,13-12-,16-15-,19-18-;. The molecule has 12 heteroatoms. The Labute approximate surface area is 456 Å². The lowest BCUT2D eigenvalue weighted by Gasteiger charge is -2.27. The van der Waals surface area contributed by atoms with Gasteiger partial charge in [0.1, 0.15) is 43.5 Å². The molecule has 0 saturated carbocycles. The van der Waals surface area contributed by atoms with E-state index in [9.17, 15) is 15.0 Å². The van der Waals surface area contributed by atoms with Gasteiger partial charge in [-0.25, -0.2) is 0 Å². The molecule has 0 aliphatic carbocycles. The maximum atomic E-state index is 11.3. The van der Waals surface area contributed by atoms with Gasteiger partial charge < -0.3 is 49.6 Å². The summed E-state index contributed by atoms with van der Waals surface area (Å²) in [5.74, 6) is 2.67. The zero-order valence-corrected chi connectivity index (χ0v) is 45.6. The SMILES string of the molecule is CC.CC/C=C\C/C=C\C/C=C\C/C=C\C/C=C\C/C=C\CCC(=O)NCCO.COc1ccccc1OCCN(CC(O)COc1cccc2[nH]c3ccccc3c12)CC(O)COc1cccc2[nH]c3ccccc3c12. The van der Waals surface area contributed by atoms with Crippen LogP contribution in [0, 0.1) is 0 Å². The highest BCUT2D eigenvalue weighted by molar-refractivity contribution is 6.11. The summed E-state index contributed by atoms with van der Waals surface area (Å²) in [5, 5.41) is 37.7. The van der Waals surface area contributed by atoms with Gasteiger partial charge in [0.2, 0.25) is 5.91 Å². The number of allylic oxidation sites excluding steroid dienone is 12. The number of methoxy groups -OCH3 is 1. The third kappa shape index (κ3) is 21.0. The van der Waals surface area contributed by atoms with Crippen molar-refractivity contribution in [3.63, 3.8) is 0 Å². The summed E-state index contributed by atoms with van der Waals surface area (Å²) in [4.78, 5) is 20.1. The van der Waals surface area contributed by atoms with Crippen LogP contribution in [0.1, 0.15) is 72.1 Å². The minimum atomic E-state index is -0.829. The number of para-hydroxylation sites is 4. The van der Waals surface area contributed by atoms with Crippen molar-refractivity contribution in [2.75, 3.05) is 59.7 Å². The van der Waals surface area contributed by atoms with Crippen molar-refractivity contribution in [1.82, 2.24) is 20.2 Å². The zero-order chi connectivity index (χ0) is 54.7. The van der Waals surface area contributed by atoms with E-state index in [1.165, 1.54) is 0 Å². The summed E-state index contributed by atoms with van der Waals surface area (Å²) in [5.41, 5.74) is 4.01. The van der Waals surface area contributed by atoms with Crippen molar-refractivity contribution in [1.29, 1.82) is 0 Å². The largest absolute Gasteiger partial charge is 0.493 e. The third-order valence-corrected chi connectivity index (χ3v) is 12.1. The van der Waals surface area contributed by atoms with Crippen LogP contribution in [0.2, 0.25) is 0 Å². The van der Waals surface area contributed by atoms with Crippen LogP contribution in [0.4, 0.5) is 0 Å². The van der Waals surface area contributed by atoms with Gasteiger partial charge in [-0.2, -0.15) is 0 Å². The number of rotatable bonds is 31. The average molecular weight is 1050 g/mol. The minimum Gasteiger partial charge on any atom is -0.493 e. The van der Waals surface area contributed by atoms with Crippen molar-refractivity contribution < 1.29 is 39.1 Å². The second-order valence-corrected chi connectivity index (χ2v) is 17.9. The molecule has 410 valence electrons. The molecule has 0 spiro atoms. The molecule has 7 aromatic rings. The molecule has 0 radical (unpaired) electrons. The Hall–Kier alpha value is -7.35. The number of carbonyl (C=O) groups is 1. The number of hydrogen-bond acceptors (Lipinski definition) is 9. The van der Waals surface area contributed by atoms with Gasteiger partial charge in [-0.3, -0.25) is 9.69 Å². The van der Waals surface area contributed by atoms with E-state index in [1.807, 2.05) is 122 Å². The molecule has 0 fully saturated rings. The lowest BCUT2D eigenvalue weighted by atomic mass is 10.1. The normalized spacial score (nSPS) is 12.7. The first-order chi connectivity index (χ1) is 37.9. The van der Waals surface area contributed by atoms with Crippen molar-refractivity contribution in [3.05, 3.63) is 182 Å². The predicted molar refractivity (Wildman–Crippen MR) is 318 cm³/mol. The van der Waals surface area contributed by atoms with Gasteiger partial charge in [0.15, 0.2) is 11.5 Å². The smallest absolute Gasteiger partial charge is 0.220 e. The summed E-state index contributed by atoms with van der Waals surface area (Å²) >= 11 is 0. The molecule has 77 heavy (non-hydrogen) atoms. The first kappa shape index (κ1) is 60.5. The van der Waals surface area contributed by atoms with E-state index >= 15 is 0 Å². The summed E-state index contributed by atoms with van der Waals surface area (Å²) < 4.78 is 23.9. The highest BCUT2D eigenvalue weighted by atomic mass is 16.5. The van der Waals surface area contributed by atoms with Gasteiger partial charge in [-0.1, -0.05) is 154 Å². The average Bonchev–Trinajstić information content (AvgIpc) is 4.04. The van der Waals surface area contributed by atoms with Crippen molar-refractivity contribution in [3.8, 4) is 23.0 Å². The Morgan fingerprint density at radius 2 is 0.987 bits per heavy atom. The van der Waals surface area contributed by atoms with Gasteiger partial charge in [-0.05, 0) is 93.5 Å². The van der Waals surface area contributed by atoms with E-state index in [1.54, 1.807) is 7.11 Å². The fourth-order valence-corrected chi connectivity index (χ4v) is 8.47. The molecule has 0 saturated heterocycles. The summed E-state index contributed by atoms with van der Waals surface area (Å²) in [6.07, 6.45) is 31.5. The van der Waals surface area contributed by atoms with Crippen LogP contribution in [-0.4, -0.2) is 108 Å². The quantitative estimate of drug-likeness (QED) is 0.0233. The maximum absolute atomic E-state index is 11.3. The number of aliphatic hydroxyl groups excluding tert-OH is 3. The van der Waals surface area contributed by atoms with E-state index in [2.05, 4.69) is 101 Å². The fourth-order valence-electron chi connectivity index (χ4n) is 8.47. The van der Waals surface area contributed by atoms with Crippen molar-refractivity contribution in [2.45, 2.75) is 84.3 Å². The monoisotopic (exact) mass is 1050 g/mol. The van der Waals surface area contributed by atoms with Gasteiger partial charge in [0.05, 0.1) is 24.8 Å². The van der Waals surface area contributed by atoms with Crippen LogP contribution in [0.3, 0.4) is 0 Å². The Morgan fingerprint density at radius 3 is 1.47 bits per heavy atom. The number of fused-ring (bicyclic) bond motifs is 6. The van der Waals surface area contributed by atoms with Crippen LogP contribution in [0.15, 0.2) is 182 Å². The van der Waals surface area contributed by atoms with E-state index < -0.39 is 12.2 Å². The second kappa shape index (κ2) is 35.8. The number of nitrogens with one attached hydrogen (secondary N) is 3. The molecule has 12 nitrogen and oxygen atoms in total. The number of carbonyl (C=O) groups excluding carboxylic acids is 1. The van der Waals surface area contributed by atoms with Crippen LogP contribution in [0.25, 0.3) is 43.6 Å². The third-order valence-electron chi connectivity index (χ3n) is 12.1. The van der Waals surface area contributed by atoms with Gasteiger partial charge >= 0.3 is 0 Å². The maximum Gasteiger partial charge on any atom is 0.220 e. The van der Waals surface area contributed by atoms with Gasteiger partial charge in [-0.15, -0.1) is 0 Å². The second-order valence-electron chi connectivity index (χ2n) is 17.9. The molecule has 1 amide bonds. The van der Waals surface area contributed by atoms with Crippen molar-refractivity contribution >= 4 is 49.5 Å². The van der Waals surface area contributed by atoms with Crippen molar-refractivity contribution in [2.24, 2.45) is 0 Å². The molecule has 2 unspecified atom stereocenters. The number of nitrogens with zero attached hydrogens (tertiary/aromatic N) is 1. The molecule has 0 aliphatic rings. The number of aromatic amines is 2. The van der Waals surface area contributed by atoms with Crippen LogP contribution in [-0.2, 0) is 4.79 Å². The summed E-state index contributed by atoms with van der Waals surface area (Å²) in [7, 11) is 1.61. The fraction of sp³-hybridized carbons (Fsp3) is 0.338. The number of ether oxygens (including phenoxy) is 4. The molecular formula is C65H82N4O8. The van der Waals surface area contributed by atoms with Gasteiger partial charge in [0, 0.05) is 65.2 Å². The van der Waals surface area contributed by atoms with E-state index in [0.717, 1.165) is 88.6 Å². The van der Waals surface area contributed by atoms with Crippen LogP contribution >= 0.6 is 0 Å². The molecule has 6 N–H and O–H groups in total. The molecule has 0 aliphatic heterocycles. The number of amides is 1. The van der Waals surface area contributed by atoms with E-state index in [-0.39, 0.29) is 38.8 Å². The number of aliphatic hydroxyl groups is 3. The molecular weight excluding hydrogens is 965 g/mol. The first-order valence-electron chi connectivity index (χ1n) is 27.2. The Balaban J connectivity index is 0.000000323. The number of benzene rings is 5. The number of H-pyrrole nitrogens is 2. The Bertz CT molecular complexity index is 2840. The molecule has 2 aromatic heterocycles. The lowest BCUT2D eigenvalue weighted by molar-refractivity contribution is -0.121. The first-order valence-corrected chi connectivity index (χ1v) is 27.2. The Kier molecular flexibility index (Phi) is 28.2. The number of aromatic nitrogens is 2. The van der Waals surface area contributed by atoms with Gasteiger partial charge in [0.25, 0.3) is 0 Å². The molecule has 0 bridgehead atoms. The Morgan fingerprint density at radius 1 is 0.558 bits per heavy atom. The highest BCUT2D eigenvalue weighted by Crippen LogP contribution is 2.34. The van der Waals surface area contributed by atoms with E-state index in [0.29, 0.717) is 49.1 Å². The predicted octanol–water partition coefficient (Wildman–Crippen LogP) is 13.1. The van der Waals surface area contributed by atoms with Crippen LogP contribution < -0.4 is 24.3 Å². The molecule has 2 heterocycles. The topological polar surface area (TPSA) is 162 Å². The number of hydrogen-bond donors (Lipinski definition) is 6. The molecule has 2 atom stereocenters. The molecule has 7 rings (SSSR count). The summed E-state index contributed by atoms with van der Waals surface area (Å²) in [6, 6.07) is 35.4. The highest BCUT2D eigenvalue weighted by Gasteiger charge is 2.20.